The summed E-state index contributed by atoms with van der Waals surface area (Å²) < 4.78 is 11.6. The van der Waals surface area contributed by atoms with Crippen LogP contribution in [0.3, 0.4) is 0 Å². The number of halogens is 1. The van der Waals surface area contributed by atoms with Crippen LogP contribution in [0.5, 0.6) is 17.2 Å². The summed E-state index contributed by atoms with van der Waals surface area (Å²) in [5.41, 5.74) is 2.28. The SMILES string of the molecule is COc1cc(C[NH+]2CCC(Nc3ccccc3Br)CC2)cc(OC)c1O. The minimum Gasteiger partial charge on any atom is -0.502 e. The molecule has 0 amide bonds. The van der Waals surface area contributed by atoms with E-state index in [0.717, 1.165) is 48.2 Å². The number of anilines is 1. The van der Waals surface area contributed by atoms with E-state index in [0.29, 0.717) is 17.5 Å². The number of quaternary nitrogens is 1. The molecule has 1 aliphatic heterocycles. The quantitative estimate of drug-likeness (QED) is 0.670. The molecule has 0 radical (unpaired) electrons. The van der Waals surface area contributed by atoms with Gasteiger partial charge in [0.25, 0.3) is 0 Å². The second-order valence-electron chi connectivity index (χ2n) is 6.67. The highest BCUT2D eigenvalue weighted by Gasteiger charge is 2.23. The zero-order valence-corrected chi connectivity index (χ0v) is 16.8. The summed E-state index contributed by atoms with van der Waals surface area (Å²) in [5, 5.41) is 13.7. The largest absolute Gasteiger partial charge is 0.502 e. The smallest absolute Gasteiger partial charge is 0.200 e. The summed E-state index contributed by atoms with van der Waals surface area (Å²) in [6.07, 6.45) is 2.26. The molecule has 1 saturated heterocycles. The molecule has 5 nitrogen and oxygen atoms in total. The van der Waals surface area contributed by atoms with E-state index in [1.165, 1.54) is 4.90 Å². The Labute approximate surface area is 163 Å². The molecule has 0 aromatic heterocycles. The van der Waals surface area contributed by atoms with Crippen molar-refractivity contribution in [2.45, 2.75) is 25.4 Å². The van der Waals surface area contributed by atoms with Gasteiger partial charge < -0.3 is 24.8 Å². The molecule has 6 heteroatoms. The molecule has 3 N–H and O–H groups in total. The number of methoxy groups -OCH3 is 2. The molecule has 0 spiro atoms. The van der Waals surface area contributed by atoms with Crippen molar-refractivity contribution in [1.29, 1.82) is 0 Å². The number of ether oxygens (including phenoxy) is 2. The maximum atomic E-state index is 10.0. The number of nitrogens with one attached hydrogen (secondary N) is 2. The van der Waals surface area contributed by atoms with Gasteiger partial charge in [0, 0.05) is 34.6 Å². The van der Waals surface area contributed by atoms with Crippen LogP contribution in [0.15, 0.2) is 40.9 Å². The van der Waals surface area contributed by atoms with Crippen LogP contribution in [0.1, 0.15) is 18.4 Å². The van der Waals surface area contributed by atoms with Crippen LogP contribution in [0.4, 0.5) is 5.69 Å². The number of aromatic hydroxyl groups is 1. The van der Waals surface area contributed by atoms with Crippen LogP contribution >= 0.6 is 15.9 Å². The highest BCUT2D eigenvalue weighted by Crippen LogP contribution is 2.36. The van der Waals surface area contributed by atoms with Crippen LogP contribution in [0.2, 0.25) is 0 Å². The maximum Gasteiger partial charge on any atom is 0.200 e. The Morgan fingerprint density at radius 3 is 2.31 bits per heavy atom. The fourth-order valence-electron chi connectivity index (χ4n) is 3.48. The monoisotopic (exact) mass is 421 g/mol. The van der Waals surface area contributed by atoms with Crippen molar-refractivity contribution in [3.05, 3.63) is 46.4 Å². The molecule has 0 saturated carbocycles. The van der Waals surface area contributed by atoms with Crippen molar-refractivity contribution >= 4 is 21.6 Å². The number of benzene rings is 2. The van der Waals surface area contributed by atoms with Crippen molar-refractivity contribution in [3.63, 3.8) is 0 Å². The van der Waals surface area contributed by atoms with Crippen molar-refractivity contribution in [3.8, 4) is 17.2 Å². The van der Waals surface area contributed by atoms with Gasteiger partial charge in [-0.05, 0) is 40.2 Å². The zero-order valence-electron chi connectivity index (χ0n) is 15.2. The first-order valence-corrected chi connectivity index (χ1v) is 9.68. The maximum absolute atomic E-state index is 10.0. The van der Waals surface area contributed by atoms with Crippen LogP contribution in [0, 0.1) is 0 Å². The Balaban J connectivity index is 1.58. The van der Waals surface area contributed by atoms with Crippen molar-refractivity contribution in [1.82, 2.24) is 0 Å². The lowest BCUT2D eigenvalue weighted by Crippen LogP contribution is -3.12. The first kappa shape index (κ1) is 18.9. The van der Waals surface area contributed by atoms with Crippen LogP contribution in [-0.2, 0) is 6.54 Å². The topological polar surface area (TPSA) is 55.2 Å². The van der Waals surface area contributed by atoms with Crippen LogP contribution in [0.25, 0.3) is 0 Å². The molecule has 2 aromatic carbocycles. The van der Waals surface area contributed by atoms with Gasteiger partial charge in [0.05, 0.1) is 27.3 Å². The lowest BCUT2D eigenvalue weighted by Gasteiger charge is -2.30. The van der Waals surface area contributed by atoms with E-state index in [2.05, 4.69) is 39.4 Å². The molecule has 1 heterocycles. The molecule has 26 heavy (non-hydrogen) atoms. The summed E-state index contributed by atoms with van der Waals surface area (Å²) in [5.74, 6) is 0.985. The first-order chi connectivity index (χ1) is 12.6. The highest BCUT2D eigenvalue weighted by molar-refractivity contribution is 9.10. The number of likely N-dealkylation sites (tertiary alicyclic amines) is 1. The van der Waals surface area contributed by atoms with Gasteiger partial charge in [0.15, 0.2) is 11.5 Å². The van der Waals surface area contributed by atoms with Crippen LogP contribution in [-0.4, -0.2) is 38.5 Å². The summed E-state index contributed by atoms with van der Waals surface area (Å²) >= 11 is 3.60. The highest BCUT2D eigenvalue weighted by atomic mass is 79.9. The molecular formula is C20H26BrN2O3+. The third kappa shape index (κ3) is 4.43. The van der Waals surface area contributed by atoms with Gasteiger partial charge in [-0.3, -0.25) is 0 Å². The second-order valence-corrected chi connectivity index (χ2v) is 7.53. The molecule has 140 valence electrons. The Morgan fingerprint density at radius 1 is 1.12 bits per heavy atom. The Kier molecular flexibility index (Phi) is 6.27. The standard InChI is InChI=1S/C20H25BrN2O3/c1-25-18-11-14(12-19(26-2)20(18)24)13-23-9-7-15(8-10-23)22-17-6-4-3-5-16(17)21/h3-6,11-12,15,22,24H,7-10,13H2,1-2H3/p+1. The zero-order chi connectivity index (χ0) is 18.5. The number of phenols is 1. The van der Waals surface area contributed by atoms with Crippen molar-refractivity contribution in [2.75, 3.05) is 32.6 Å². The Morgan fingerprint density at radius 2 is 1.73 bits per heavy atom. The number of hydrogen-bond acceptors (Lipinski definition) is 4. The van der Waals surface area contributed by atoms with E-state index in [-0.39, 0.29) is 5.75 Å². The molecule has 0 aliphatic carbocycles. The van der Waals surface area contributed by atoms with Gasteiger partial charge in [0.1, 0.15) is 6.54 Å². The normalized spacial score (nSPS) is 19.8. The molecule has 1 aliphatic rings. The molecule has 0 atom stereocenters. The summed E-state index contributed by atoms with van der Waals surface area (Å²) in [4.78, 5) is 1.53. The Bertz CT molecular complexity index is 721. The Hall–Kier alpha value is -1.92. The summed E-state index contributed by atoms with van der Waals surface area (Å²) in [6.45, 7) is 3.11. The molecule has 3 rings (SSSR count). The van der Waals surface area contributed by atoms with E-state index in [9.17, 15) is 5.11 Å². The molecule has 1 fully saturated rings. The molecular weight excluding hydrogens is 396 g/mol. The second kappa shape index (κ2) is 8.64. The number of rotatable bonds is 6. The number of phenolic OH excluding ortho intramolecular Hbond substituents is 1. The lowest BCUT2D eigenvalue weighted by molar-refractivity contribution is -0.918. The minimum atomic E-state index is 0.0603. The predicted molar refractivity (Wildman–Crippen MR) is 106 cm³/mol. The van der Waals surface area contributed by atoms with Crippen molar-refractivity contribution < 1.29 is 19.5 Å². The lowest BCUT2D eigenvalue weighted by atomic mass is 10.0. The summed E-state index contributed by atoms with van der Waals surface area (Å²) in [6, 6.07) is 12.6. The average Bonchev–Trinajstić information content (AvgIpc) is 2.66. The average molecular weight is 422 g/mol. The van der Waals surface area contributed by atoms with E-state index in [4.69, 9.17) is 9.47 Å². The number of piperidine rings is 1. The molecule has 2 aromatic rings. The fraction of sp³-hybridized carbons (Fsp3) is 0.400. The van der Waals surface area contributed by atoms with Gasteiger partial charge in [-0.2, -0.15) is 0 Å². The van der Waals surface area contributed by atoms with E-state index in [1.54, 1.807) is 14.2 Å². The van der Waals surface area contributed by atoms with E-state index >= 15 is 0 Å². The van der Waals surface area contributed by atoms with Gasteiger partial charge in [-0.15, -0.1) is 0 Å². The van der Waals surface area contributed by atoms with Gasteiger partial charge >= 0.3 is 0 Å². The third-order valence-corrected chi connectivity index (χ3v) is 5.61. The first-order valence-electron chi connectivity index (χ1n) is 8.89. The molecule has 0 bridgehead atoms. The third-order valence-electron chi connectivity index (χ3n) is 4.92. The summed E-state index contributed by atoms with van der Waals surface area (Å²) in [7, 11) is 3.12. The minimum absolute atomic E-state index is 0.0603. The predicted octanol–water partition coefficient (Wildman–Crippen LogP) is 2.83. The van der Waals surface area contributed by atoms with Crippen LogP contribution < -0.4 is 19.7 Å². The number of para-hydroxylation sites is 1. The van der Waals surface area contributed by atoms with Crippen molar-refractivity contribution in [2.24, 2.45) is 0 Å². The fourth-order valence-corrected chi connectivity index (χ4v) is 3.88. The van der Waals surface area contributed by atoms with Gasteiger partial charge in [-0.25, -0.2) is 0 Å². The van der Waals surface area contributed by atoms with Gasteiger partial charge in [0.2, 0.25) is 5.75 Å². The number of hydrogen-bond donors (Lipinski definition) is 3. The van der Waals surface area contributed by atoms with Gasteiger partial charge in [-0.1, -0.05) is 12.1 Å². The van der Waals surface area contributed by atoms with E-state index in [1.807, 2.05) is 18.2 Å². The van der Waals surface area contributed by atoms with E-state index < -0.39 is 0 Å². The molecule has 0 unspecified atom stereocenters.